The normalized spacial score (nSPS) is 14.7. The van der Waals surface area contributed by atoms with Crippen LogP contribution in [0, 0.1) is 0 Å². The smallest absolute Gasteiger partial charge is 0.137 e. The van der Waals surface area contributed by atoms with Gasteiger partial charge in [-0.3, -0.25) is 4.98 Å². The molecule has 0 aromatic carbocycles. The third-order valence-electron chi connectivity index (χ3n) is 3.13. The van der Waals surface area contributed by atoms with Crippen LogP contribution in [0.3, 0.4) is 0 Å². The fraction of sp³-hybridized carbons (Fsp3) is 0.357. The molecule has 1 aliphatic carbocycles. The fourth-order valence-electron chi connectivity index (χ4n) is 1.94. The van der Waals surface area contributed by atoms with E-state index in [1.807, 2.05) is 18.3 Å². The maximum absolute atomic E-state index is 5.54. The number of rotatable bonds is 5. The van der Waals surface area contributed by atoms with Gasteiger partial charge in [0.15, 0.2) is 0 Å². The third kappa shape index (κ3) is 2.38. The number of nitrogens with one attached hydrogen (secondary N) is 1. The van der Waals surface area contributed by atoms with Gasteiger partial charge < -0.3 is 14.5 Å². The van der Waals surface area contributed by atoms with Crippen LogP contribution in [0.15, 0.2) is 35.2 Å². The lowest BCUT2D eigenvalue weighted by molar-refractivity contribution is 0.413. The number of hydrogen-bond donors (Lipinski definition) is 1. The molecule has 0 aliphatic heterocycles. The fourth-order valence-corrected chi connectivity index (χ4v) is 1.94. The van der Waals surface area contributed by atoms with Crippen LogP contribution in [-0.4, -0.2) is 18.1 Å². The molecule has 0 spiro atoms. The van der Waals surface area contributed by atoms with Gasteiger partial charge in [-0.05, 0) is 25.0 Å². The lowest BCUT2D eigenvalue weighted by atomic mass is 10.1. The first-order valence-electron chi connectivity index (χ1n) is 6.16. The van der Waals surface area contributed by atoms with Crippen molar-refractivity contribution in [3.8, 4) is 16.9 Å². The lowest BCUT2D eigenvalue weighted by Crippen LogP contribution is -2.15. The Balaban J connectivity index is 1.83. The van der Waals surface area contributed by atoms with Crippen LogP contribution in [-0.2, 0) is 6.54 Å². The Morgan fingerprint density at radius 2 is 2.33 bits per heavy atom. The van der Waals surface area contributed by atoms with Gasteiger partial charge in [0, 0.05) is 23.4 Å². The first kappa shape index (κ1) is 11.3. The molecule has 0 bridgehead atoms. The van der Waals surface area contributed by atoms with E-state index in [1.54, 1.807) is 19.6 Å². The second-order valence-electron chi connectivity index (χ2n) is 4.53. The molecule has 0 unspecified atom stereocenters. The van der Waals surface area contributed by atoms with Crippen molar-refractivity contribution in [2.75, 3.05) is 7.11 Å². The van der Waals surface area contributed by atoms with Crippen LogP contribution in [0.2, 0.25) is 0 Å². The Bertz CT molecular complexity index is 532. The van der Waals surface area contributed by atoms with Crippen LogP contribution in [0.25, 0.3) is 11.1 Å². The highest BCUT2D eigenvalue weighted by Gasteiger charge is 2.21. The van der Waals surface area contributed by atoms with E-state index in [1.165, 1.54) is 12.8 Å². The van der Waals surface area contributed by atoms with Crippen LogP contribution >= 0.6 is 0 Å². The quantitative estimate of drug-likeness (QED) is 0.878. The minimum Gasteiger partial charge on any atom is -0.495 e. The number of hydrogen-bond acceptors (Lipinski definition) is 4. The van der Waals surface area contributed by atoms with Gasteiger partial charge in [-0.2, -0.15) is 0 Å². The van der Waals surface area contributed by atoms with Crippen molar-refractivity contribution in [2.24, 2.45) is 0 Å². The number of furan rings is 1. The predicted molar refractivity (Wildman–Crippen MR) is 68.4 cm³/mol. The first-order valence-corrected chi connectivity index (χ1v) is 6.16. The maximum atomic E-state index is 5.54. The van der Waals surface area contributed by atoms with Crippen LogP contribution in [0.5, 0.6) is 5.75 Å². The highest BCUT2D eigenvalue weighted by Crippen LogP contribution is 2.28. The summed E-state index contributed by atoms with van der Waals surface area (Å²) >= 11 is 0. The highest BCUT2D eigenvalue weighted by molar-refractivity contribution is 5.65. The molecule has 3 rings (SSSR count). The Kier molecular flexibility index (Phi) is 3.02. The Labute approximate surface area is 106 Å². The second kappa shape index (κ2) is 4.82. The monoisotopic (exact) mass is 244 g/mol. The number of methoxy groups -OCH3 is 1. The van der Waals surface area contributed by atoms with E-state index in [0.29, 0.717) is 6.04 Å². The van der Waals surface area contributed by atoms with Crippen molar-refractivity contribution in [3.63, 3.8) is 0 Å². The summed E-state index contributed by atoms with van der Waals surface area (Å²) < 4.78 is 10.7. The molecule has 1 aliphatic rings. The van der Waals surface area contributed by atoms with Gasteiger partial charge in [-0.1, -0.05) is 0 Å². The summed E-state index contributed by atoms with van der Waals surface area (Å²) in [6.45, 7) is 0.768. The van der Waals surface area contributed by atoms with Crippen molar-refractivity contribution in [1.29, 1.82) is 0 Å². The molecule has 1 N–H and O–H groups in total. The summed E-state index contributed by atoms with van der Waals surface area (Å²) in [5, 5.41) is 3.45. The Morgan fingerprint density at radius 3 is 3.11 bits per heavy atom. The molecular formula is C14H16N2O2. The molecule has 2 aromatic heterocycles. The Morgan fingerprint density at radius 1 is 1.44 bits per heavy atom. The summed E-state index contributed by atoms with van der Waals surface area (Å²) in [4.78, 5) is 4.17. The van der Waals surface area contributed by atoms with Crippen molar-refractivity contribution in [1.82, 2.24) is 10.3 Å². The highest BCUT2D eigenvalue weighted by atomic mass is 16.5. The molecule has 2 heterocycles. The number of aromatic nitrogens is 1. The largest absolute Gasteiger partial charge is 0.495 e. The van der Waals surface area contributed by atoms with Crippen molar-refractivity contribution >= 4 is 0 Å². The number of nitrogens with zero attached hydrogens (tertiary/aromatic N) is 1. The van der Waals surface area contributed by atoms with Crippen LogP contribution < -0.4 is 10.1 Å². The van der Waals surface area contributed by atoms with Gasteiger partial charge in [-0.15, -0.1) is 0 Å². The van der Waals surface area contributed by atoms with E-state index in [9.17, 15) is 0 Å². The zero-order chi connectivity index (χ0) is 12.4. The van der Waals surface area contributed by atoms with E-state index < -0.39 is 0 Å². The van der Waals surface area contributed by atoms with Gasteiger partial charge in [0.05, 0.1) is 26.1 Å². The maximum Gasteiger partial charge on any atom is 0.137 e. The minimum absolute atomic E-state index is 0.673. The summed E-state index contributed by atoms with van der Waals surface area (Å²) in [5.74, 6) is 1.71. The standard InChI is InChI=1S/C14H16N2O2/c1-17-12-6-10(7-15-8-12)13-4-5-18-14(13)9-16-11-2-3-11/h4-8,11,16H,2-3,9H2,1H3. The average molecular weight is 244 g/mol. The molecule has 18 heavy (non-hydrogen) atoms. The van der Waals surface area contributed by atoms with Crippen molar-refractivity contribution in [2.45, 2.75) is 25.4 Å². The molecule has 0 saturated heterocycles. The zero-order valence-corrected chi connectivity index (χ0v) is 10.3. The van der Waals surface area contributed by atoms with Gasteiger partial charge in [0.1, 0.15) is 11.5 Å². The second-order valence-corrected chi connectivity index (χ2v) is 4.53. The van der Waals surface area contributed by atoms with Crippen LogP contribution in [0.4, 0.5) is 0 Å². The van der Waals surface area contributed by atoms with Gasteiger partial charge >= 0.3 is 0 Å². The molecule has 4 heteroatoms. The third-order valence-corrected chi connectivity index (χ3v) is 3.13. The molecular weight excluding hydrogens is 228 g/mol. The van der Waals surface area contributed by atoms with E-state index in [-0.39, 0.29) is 0 Å². The zero-order valence-electron chi connectivity index (χ0n) is 10.3. The topological polar surface area (TPSA) is 47.3 Å². The van der Waals surface area contributed by atoms with Gasteiger partial charge in [0.25, 0.3) is 0 Å². The molecule has 1 saturated carbocycles. The average Bonchev–Trinajstić information content (AvgIpc) is 3.13. The predicted octanol–water partition coefficient (Wildman–Crippen LogP) is 2.60. The van der Waals surface area contributed by atoms with E-state index in [0.717, 1.165) is 29.2 Å². The van der Waals surface area contributed by atoms with Gasteiger partial charge in [-0.25, -0.2) is 0 Å². The number of ether oxygens (including phenoxy) is 1. The molecule has 0 atom stereocenters. The van der Waals surface area contributed by atoms with Crippen molar-refractivity contribution in [3.05, 3.63) is 36.5 Å². The summed E-state index contributed by atoms with van der Waals surface area (Å²) in [6.07, 6.45) is 7.80. The summed E-state index contributed by atoms with van der Waals surface area (Å²) in [6, 6.07) is 4.62. The first-order chi connectivity index (χ1) is 8.86. The van der Waals surface area contributed by atoms with E-state index in [2.05, 4.69) is 10.3 Å². The van der Waals surface area contributed by atoms with E-state index in [4.69, 9.17) is 9.15 Å². The Hall–Kier alpha value is -1.81. The van der Waals surface area contributed by atoms with Crippen LogP contribution in [0.1, 0.15) is 18.6 Å². The summed E-state index contributed by atoms with van der Waals surface area (Å²) in [5.41, 5.74) is 2.10. The SMILES string of the molecule is COc1cncc(-c2ccoc2CNC2CC2)c1. The molecule has 0 radical (unpaired) electrons. The number of pyridine rings is 1. The van der Waals surface area contributed by atoms with Crippen molar-refractivity contribution < 1.29 is 9.15 Å². The van der Waals surface area contributed by atoms with Gasteiger partial charge in [0.2, 0.25) is 0 Å². The minimum atomic E-state index is 0.673. The molecule has 2 aromatic rings. The molecule has 0 amide bonds. The summed E-state index contributed by atoms with van der Waals surface area (Å²) in [7, 11) is 1.64. The molecule has 1 fully saturated rings. The molecule has 94 valence electrons. The lowest BCUT2D eigenvalue weighted by Gasteiger charge is -2.05. The van der Waals surface area contributed by atoms with E-state index >= 15 is 0 Å². The molecule has 4 nitrogen and oxygen atoms in total.